The van der Waals surface area contributed by atoms with Crippen molar-refractivity contribution < 1.29 is 8.91 Å². The number of H-pyrrole nitrogens is 1. The monoisotopic (exact) mass is 309 g/mol. The van der Waals surface area contributed by atoms with Gasteiger partial charge in [0, 0.05) is 17.0 Å². The highest BCUT2D eigenvalue weighted by molar-refractivity contribution is 5.92. The van der Waals surface area contributed by atoms with Crippen LogP contribution >= 0.6 is 0 Å². The fraction of sp³-hybridized carbons (Fsp3) is 0.250. The predicted octanol–water partition coefficient (Wildman–Crippen LogP) is 3.38. The Labute approximate surface area is 130 Å². The molecule has 7 heteroatoms. The van der Waals surface area contributed by atoms with Gasteiger partial charge in [0.05, 0.1) is 35.0 Å². The van der Waals surface area contributed by atoms with E-state index >= 15 is 0 Å². The van der Waals surface area contributed by atoms with Gasteiger partial charge < -0.3 is 4.52 Å². The number of nitrogens with one attached hydrogen (secondary N) is 1. The highest BCUT2D eigenvalue weighted by Crippen LogP contribution is 2.45. The van der Waals surface area contributed by atoms with E-state index in [4.69, 9.17) is 4.52 Å². The van der Waals surface area contributed by atoms with Crippen LogP contribution in [-0.2, 0) is 0 Å². The molecule has 3 heterocycles. The Bertz CT molecular complexity index is 994. The van der Waals surface area contributed by atoms with Gasteiger partial charge in [-0.05, 0) is 31.5 Å². The van der Waals surface area contributed by atoms with Crippen molar-refractivity contribution in [2.24, 2.45) is 10.9 Å². The van der Waals surface area contributed by atoms with Gasteiger partial charge in [0.1, 0.15) is 5.82 Å². The lowest BCUT2D eigenvalue weighted by Crippen LogP contribution is -2.24. The number of aromatic nitrogens is 3. The summed E-state index contributed by atoms with van der Waals surface area (Å²) in [6.07, 6.45) is 1.63. The highest BCUT2D eigenvalue weighted by Gasteiger charge is 2.38. The van der Waals surface area contributed by atoms with Gasteiger partial charge in [0.2, 0.25) is 0 Å². The molecule has 2 atom stereocenters. The number of fused-ring (bicyclic) bond motifs is 2. The molecule has 2 unspecified atom stereocenters. The van der Waals surface area contributed by atoms with E-state index < -0.39 is 17.7 Å². The second-order valence-electron chi connectivity index (χ2n) is 5.66. The van der Waals surface area contributed by atoms with Crippen LogP contribution in [0.1, 0.15) is 29.7 Å². The van der Waals surface area contributed by atoms with E-state index in [1.165, 1.54) is 6.07 Å². The smallest absolute Gasteiger partial charge is 0.254 e. The summed E-state index contributed by atoms with van der Waals surface area (Å²) in [7, 11) is 0. The van der Waals surface area contributed by atoms with Crippen molar-refractivity contribution in [2.75, 3.05) is 0 Å². The summed E-state index contributed by atoms with van der Waals surface area (Å²) in [4.78, 5) is 4.30. The second-order valence-corrected chi connectivity index (χ2v) is 5.66. The summed E-state index contributed by atoms with van der Waals surface area (Å²) in [6, 6.07) is 5.36. The minimum Gasteiger partial charge on any atom is -0.336 e. The number of benzene rings is 1. The molecule has 23 heavy (non-hydrogen) atoms. The minimum absolute atomic E-state index is 0.350. The molecular formula is C16H12FN5O. The normalized spacial score (nSPS) is 20.2. The molecule has 3 aromatic rings. The average Bonchev–Trinajstić information content (AvgIpc) is 3.11. The maximum atomic E-state index is 14.7. The van der Waals surface area contributed by atoms with E-state index in [9.17, 15) is 9.65 Å². The van der Waals surface area contributed by atoms with Crippen LogP contribution in [0.5, 0.6) is 0 Å². The van der Waals surface area contributed by atoms with E-state index in [0.717, 1.165) is 5.39 Å². The predicted molar refractivity (Wildman–Crippen MR) is 81.0 cm³/mol. The van der Waals surface area contributed by atoms with E-state index in [2.05, 4.69) is 26.4 Å². The molecule has 0 spiro atoms. The van der Waals surface area contributed by atoms with Crippen molar-refractivity contribution in [3.8, 4) is 6.07 Å². The molecule has 4 rings (SSSR count). The topological polar surface area (TPSA) is 90.9 Å². The summed E-state index contributed by atoms with van der Waals surface area (Å²) in [6.45, 7) is 3.52. The van der Waals surface area contributed by atoms with Crippen LogP contribution in [0.25, 0.3) is 10.9 Å². The summed E-state index contributed by atoms with van der Waals surface area (Å²) < 4.78 is 19.9. The molecule has 0 aliphatic carbocycles. The molecule has 0 fully saturated rings. The summed E-state index contributed by atoms with van der Waals surface area (Å²) in [5.41, 5.74) is 2.92. The summed E-state index contributed by atoms with van der Waals surface area (Å²) in [5, 5.41) is 21.0. The van der Waals surface area contributed by atoms with E-state index in [1.807, 2.05) is 0 Å². The quantitative estimate of drug-likeness (QED) is 0.746. The Kier molecular flexibility index (Phi) is 2.81. The average molecular weight is 309 g/mol. The largest absolute Gasteiger partial charge is 0.336 e. The van der Waals surface area contributed by atoms with Crippen LogP contribution in [0, 0.1) is 30.0 Å². The lowest BCUT2D eigenvalue weighted by Gasteiger charge is -2.26. The zero-order valence-corrected chi connectivity index (χ0v) is 12.5. The molecule has 0 saturated carbocycles. The fourth-order valence-corrected chi connectivity index (χ4v) is 3.17. The lowest BCUT2D eigenvalue weighted by molar-refractivity contribution is 0.423. The molecule has 2 aromatic heterocycles. The third-order valence-electron chi connectivity index (χ3n) is 4.29. The van der Waals surface area contributed by atoms with Crippen molar-refractivity contribution >= 4 is 22.5 Å². The molecule has 1 N–H and O–H groups in total. The van der Waals surface area contributed by atoms with Crippen LogP contribution in [0.4, 0.5) is 10.3 Å². The Morgan fingerprint density at radius 3 is 2.96 bits per heavy atom. The summed E-state index contributed by atoms with van der Waals surface area (Å²) >= 11 is 0. The number of rotatable bonds is 1. The highest BCUT2D eigenvalue weighted by atomic mass is 19.1. The second kappa shape index (κ2) is 4.74. The molecule has 0 amide bonds. The van der Waals surface area contributed by atoms with Gasteiger partial charge in [-0.25, -0.2) is 9.38 Å². The van der Waals surface area contributed by atoms with Gasteiger partial charge in [-0.2, -0.15) is 10.4 Å². The van der Waals surface area contributed by atoms with Gasteiger partial charge in [-0.1, -0.05) is 5.16 Å². The van der Waals surface area contributed by atoms with Crippen molar-refractivity contribution in [3.05, 3.63) is 41.0 Å². The Balaban J connectivity index is 2.00. The number of nitrogens with zero attached hydrogens (tertiary/aromatic N) is 4. The molecule has 114 valence electrons. The van der Waals surface area contributed by atoms with Crippen LogP contribution in [-0.4, -0.2) is 21.1 Å². The van der Waals surface area contributed by atoms with Crippen LogP contribution in [0.2, 0.25) is 0 Å². The molecule has 1 aromatic carbocycles. The van der Waals surface area contributed by atoms with Gasteiger partial charge in [0.25, 0.3) is 5.88 Å². The molecule has 1 aliphatic rings. The molecule has 0 radical (unpaired) electrons. The zero-order valence-electron chi connectivity index (χ0n) is 12.5. The van der Waals surface area contributed by atoms with Crippen molar-refractivity contribution in [3.63, 3.8) is 0 Å². The zero-order chi connectivity index (χ0) is 16.1. The first-order chi connectivity index (χ1) is 11.1. The maximum Gasteiger partial charge on any atom is 0.254 e. The van der Waals surface area contributed by atoms with Crippen molar-refractivity contribution in [2.45, 2.75) is 19.8 Å². The third kappa shape index (κ3) is 1.88. The number of aryl methyl sites for hydroxylation is 1. The van der Waals surface area contributed by atoms with Gasteiger partial charge in [0.15, 0.2) is 0 Å². The lowest BCUT2D eigenvalue weighted by atomic mass is 9.77. The van der Waals surface area contributed by atoms with E-state index in [1.54, 1.807) is 26.1 Å². The first kappa shape index (κ1) is 13.6. The molecule has 0 bridgehead atoms. The Morgan fingerprint density at radius 2 is 2.17 bits per heavy atom. The Morgan fingerprint density at radius 1 is 1.35 bits per heavy atom. The first-order valence-electron chi connectivity index (χ1n) is 7.13. The van der Waals surface area contributed by atoms with Crippen LogP contribution < -0.4 is 0 Å². The number of hydrogen-bond donors (Lipinski definition) is 1. The number of aromatic amines is 1. The Hall–Kier alpha value is -3.01. The van der Waals surface area contributed by atoms with Crippen molar-refractivity contribution in [1.82, 2.24) is 15.4 Å². The minimum atomic E-state index is -0.570. The number of halogens is 1. The van der Waals surface area contributed by atoms with Crippen molar-refractivity contribution in [1.29, 1.82) is 5.26 Å². The molecule has 6 nitrogen and oxygen atoms in total. The van der Waals surface area contributed by atoms with E-state index in [0.29, 0.717) is 33.9 Å². The number of nitriles is 1. The van der Waals surface area contributed by atoms with Gasteiger partial charge in [-0.15, -0.1) is 0 Å². The SMILES string of the molecule is CC1=Nc2onc(C)c2C(c2cc3cn[nH]c3cc2F)C1C#N. The van der Waals surface area contributed by atoms with Gasteiger partial charge >= 0.3 is 0 Å². The molecular weight excluding hydrogens is 297 g/mol. The molecule has 0 saturated heterocycles. The van der Waals surface area contributed by atoms with E-state index in [-0.39, 0.29) is 0 Å². The van der Waals surface area contributed by atoms with Gasteiger partial charge in [-0.3, -0.25) is 5.10 Å². The standard InChI is InChI=1S/C16H12FN5O/c1-7-11(5-18)15(14-8(2)22-23-16(14)20-7)10-3-9-6-19-21-13(9)4-12(10)17/h3-4,6,11,15H,1-2H3,(H,19,21). The van der Waals surface area contributed by atoms with Crippen LogP contribution in [0.3, 0.4) is 0 Å². The third-order valence-corrected chi connectivity index (χ3v) is 4.29. The van der Waals surface area contributed by atoms with Crippen LogP contribution in [0.15, 0.2) is 27.8 Å². The maximum absolute atomic E-state index is 14.7. The fourth-order valence-electron chi connectivity index (χ4n) is 3.17. The number of aliphatic imine (C=N–C) groups is 1. The number of hydrogen-bond acceptors (Lipinski definition) is 5. The first-order valence-corrected chi connectivity index (χ1v) is 7.13. The molecule has 1 aliphatic heterocycles. The summed E-state index contributed by atoms with van der Waals surface area (Å²) in [5.74, 6) is -1.12.